The molecule has 1 unspecified atom stereocenters. The van der Waals surface area contributed by atoms with Gasteiger partial charge in [-0.1, -0.05) is 17.7 Å². The van der Waals surface area contributed by atoms with Crippen molar-refractivity contribution in [2.75, 3.05) is 0 Å². The number of alkyl halides is 1. The fourth-order valence-corrected chi connectivity index (χ4v) is 4.32. The van der Waals surface area contributed by atoms with E-state index in [0.717, 1.165) is 29.3 Å². The van der Waals surface area contributed by atoms with E-state index in [4.69, 9.17) is 23.2 Å². The second-order valence-electron chi connectivity index (χ2n) is 3.63. The molecule has 0 amide bonds. The van der Waals surface area contributed by atoms with Crippen molar-refractivity contribution in [2.45, 2.75) is 12.3 Å². The van der Waals surface area contributed by atoms with Gasteiger partial charge in [0.2, 0.25) is 0 Å². The van der Waals surface area contributed by atoms with Gasteiger partial charge < -0.3 is 0 Å². The number of aryl methyl sites for hydroxylation is 1. The number of hydrogen-bond donors (Lipinski definition) is 0. The molecule has 1 aromatic carbocycles. The largest absolute Gasteiger partial charge is 0.130 e. The zero-order valence-corrected chi connectivity index (χ0v) is 14.3. The molecule has 0 fully saturated rings. The molecule has 2 aromatic rings. The first-order valence-corrected chi connectivity index (χ1v) is 8.05. The Labute approximate surface area is 131 Å². The Bertz CT molecular complexity index is 532. The summed E-state index contributed by atoms with van der Waals surface area (Å²) in [6.07, 6.45) is 0. The molecule has 1 aromatic heterocycles. The number of benzene rings is 1. The highest BCUT2D eigenvalue weighted by molar-refractivity contribution is 9.13. The molecule has 0 aliphatic carbocycles. The van der Waals surface area contributed by atoms with E-state index in [1.807, 2.05) is 31.2 Å². The van der Waals surface area contributed by atoms with Crippen LogP contribution in [0.15, 0.2) is 32.5 Å². The molecule has 5 heteroatoms. The highest BCUT2D eigenvalue weighted by Crippen LogP contribution is 2.41. The number of rotatable bonds is 2. The zero-order chi connectivity index (χ0) is 12.6. The van der Waals surface area contributed by atoms with Crippen molar-refractivity contribution in [2.24, 2.45) is 0 Å². The van der Waals surface area contributed by atoms with E-state index in [0.29, 0.717) is 0 Å². The summed E-state index contributed by atoms with van der Waals surface area (Å²) in [5, 5.41) is 0.600. The van der Waals surface area contributed by atoms with Crippen molar-refractivity contribution in [1.29, 1.82) is 0 Å². The van der Waals surface area contributed by atoms with Crippen LogP contribution in [0.2, 0.25) is 5.02 Å². The van der Waals surface area contributed by atoms with Crippen LogP contribution in [0.5, 0.6) is 0 Å². The van der Waals surface area contributed by atoms with Crippen molar-refractivity contribution in [3.8, 4) is 0 Å². The summed E-state index contributed by atoms with van der Waals surface area (Å²) in [6, 6.07) is 7.83. The lowest BCUT2D eigenvalue weighted by molar-refractivity contribution is 1.14. The molecule has 0 N–H and O–H groups in total. The van der Waals surface area contributed by atoms with Gasteiger partial charge in [-0.25, -0.2) is 0 Å². The van der Waals surface area contributed by atoms with E-state index in [9.17, 15) is 0 Å². The average molecular weight is 415 g/mol. The predicted molar refractivity (Wildman–Crippen MR) is 83.6 cm³/mol. The van der Waals surface area contributed by atoms with Crippen LogP contribution in [0, 0.1) is 6.92 Å². The fraction of sp³-hybridized carbons (Fsp3) is 0.167. The lowest BCUT2D eigenvalue weighted by atomic mass is 10.0. The van der Waals surface area contributed by atoms with Gasteiger partial charge in [0, 0.05) is 14.4 Å². The van der Waals surface area contributed by atoms with Crippen LogP contribution in [-0.2, 0) is 0 Å². The van der Waals surface area contributed by atoms with Crippen LogP contribution < -0.4 is 0 Å². The first-order valence-electron chi connectivity index (χ1n) is 4.84. The van der Waals surface area contributed by atoms with E-state index in [1.54, 1.807) is 11.3 Å². The molecule has 0 saturated carbocycles. The second kappa shape index (κ2) is 5.62. The van der Waals surface area contributed by atoms with Gasteiger partial charge in [-0.15, -0.1) is 22.9 Å². The van der Waals surface area contributed by atoms with E-state index in [2.05, 4.69) is 31.9 Å². The van der Waals surface area contributed by atoms with Crippen LogP contribution in [0.1, 0.15) is 21.4 Å². The Morgan fingerprint density at radius 2 is 1.94 bits per heavy atom. The van der Waals surface area contributed by atoms with Crippen LogP contribution >= 0.6 is 66.4 Å². The summed E-state index contributed by atoms with van der Waals surface area (Å²) in [5.74, 6) is 0. The minimum absolute atomic E-state index is 0.139. The Balaban J connectivity index is 2.39. The number of hydrogen-bond acceptors (Lipinski definition) is 1. The van der Waals surface area contributed by atoms with Crippen molar-refractivity contribution >= 4 is 66.4 Å². The molecule has 0 aliphatic heterocycles. The van der Waals surface area contributed by atoms with Crippen molar-refractivity contribution in [3.05, 3.63) is 53.6 Å². The third-order valence-corrected chi connectivity index (χ3v) is 6.57. The molecule has 90 valence electrons. The topological polar surface area (TPSA) is 0 Å². The highest BCUT2D eigenvalue weighted by Gasteiger charge is 2.17. The molecule has 0 saturated heterocycles. The smallest absolute Gasteiger partial charge is 0.0931 e. The summed E-state index contributed by atoms with van der Waals surface area (Å²) in [6.45, 7) is 2.02. The highest BCUT2D eigenvalue weighted by atomic mass is 79.9. The Morgan fingerprint density at radius 1 is 1.24 bits per heavy atom. The van der Waals surface area contributed by atoms with Gasteiger partial charge in [0.05, 0.1) is 9.16 Å². The molecular weight excluding hydrogens is 407 g/mol. The lowest BCUT2D eigenvalue weighted by Crippen LogP contribution is -1.93. The third kappa shape index (κ3) is 3.07. The molecular formula is C12H8Br2Cl2S. The first-order chi connectivity index (χ1) is 7.99. The minimum Gasteiger partial charge on any atom is -0.130 e. The van der Waals surface area contributed by atoms with Crippen LogP contribution in [0.25, 0.3) is 0 Å². The van der Waals surface area contributed by atoms with Crippen molar-refractivity contribution < 1.29 is 0 Å². The molecule has 0 aliphatic rings. The normalized spacial score (nSPS) is 12.8. The lowest BCUT2D eigenvalue weighted by Gasteiger charge is -2.11. The fourth-order valence-electron chi connectivity index (χ4n) is 1.56. The summed E-state index contributed by atoms with van der Waals surface area (Å²) in [5.41, 5.74) is 2.20. The van der Waals surface area contributed by atoms with Gasteiger partial charge in [-0.2, -0.15) is 0 Å². The summed E-state index contributed by atoms with van der Waals surface area (Å²) in [7, 11) is 0. The van der Waals surface area contributed by atoms with Crippen molar-refractivity contribution in [1.82, 2.24) is 0 Å². The van der Waals surface area contributed by atoms with Gasteiger partial charge in [-0.05, 0) is 68.1 Å². The monoisotopic (exact) mass is 412 g/mol. The van der Waals surface area contributed by atoms with E-state index in [-0.39, 0.29) is 5.38 Å². The minimum atomic E-state index is -0.139. The van der Waals surface area contributed by atoms with Gasteiger partial charge in [0.15, 0.2) is 0 Å². The zero-order valence-electron chi connectivity index (χ0n) is 8.81. The Kier molecular flexibility index (Phi) is 4.59. The molecule has 1 atom stereocenters. The molecule has 0 nitrogen and oxygen atoms in total. The molecule has 17 heavy (non-hydrogen) atoms. The van der Waals surface area contributed by atoms with E-state index in [1.165, 1.54) is 0 Å². The molecule has 0 bridgehead atoms. The third-order valence-electron chi connectivity index (χ3n) is 2.42. The van der Waals surface area contributed by atoms with Crippen LogP contribution in [-0.4, -0.2) is 0 Å². The Morgan fingerprint density at radius 3 is 2.47 bits per heavy atom. The van der Waals surface area contributed by atoms with Crippen LogP contribution in [0.3, 0.4) is 0 Å². The van der Waals surface area contributed by atoms with Gasteiger partial charge >= 0.3 is 0 Å². The van der Waals surface area contributed by atoms with Crippen molar-refractivity contribution in [3.63, 3.8) is 0 Å². The maximum atomic E-state index is 6.50. The SMILES string of the molecule is Cc1cc(Cl)ccc1C(Cl)c1cc(Br)c(Br)s1. The first kappa shape index (κ1) is 13.9. The number of thiophene rings is 1. The molecule has 0 radical (unpaired) electrons. The quantitative estimate of drug-likeness (QED) is 0.488. The van der Waals surface area contributed by atoms with Gasteiger partial charge in [0.1, 0.15) is 0 Å². The maximum Gasteiger partial charge on any atom is 0.0931 e. The summed E-state index contributed by atoms with van der Waals surface area (Å²) >= 11 is 21.0. The van der Waals surface area contributed by atoms with Gasteiger partial charge in [-0.3, -0.25) is 0 Å². The standard InChI is InChI=1S/C12H8Br2Cl2S/c1-6-4-7(15)2-3-8(6)11(16)10-5-9(13)12(14)17-10/h2-5,11H,1H3. The molecule has 2 rings (SSSR count). The summed E-state index contributed by atoms with van der Waals surface area (Å²) < 4.78 is 2.10. The van der Waals surface area contributed by atoms with Crippen LogP contribution in [0.4, 0.5) is 0 Å². The Hall–Kier alpha value is 0.460. The maximum absolute atomic E-state index is 6.50. The molecule has 0 spiro atoms. The molecule has 1 heterocycles. The average Bonchev–Trinajstić information content (AvgIpc) is 2.58. The summed E-state index contributed by atoms with van der Waals surface area (Å²) in [4.78, 5) is 1.11. The van der Waals surface area contributed by atoms with E-state index < -0.39 is 0 Å². The number of halogens is 4. The van der Waals surface area contributed by atoms with Gasteiger partial charge in [0.25, 0.3) is 0 Å². The predicted octanol–water partition coefficient (Wildman–Crippen LogP) is 6.56. The van der Waals surface area contributed by atoms with E-state index >= 15 is 0 Å². The second-order valence-corrected chi connectivity index (χ2v) is 7.76.